The summed E-state index contributed by atoms with van der Waals surface area (Å²) in [6.07, 6.45) is 3.39. The molecule has 8 nitrogen and oxygen atoms in total. The number of hydrogen-bond acceptors (Lipinski definition) is 5. The predicted octanol–water partition coefficient (Wildman–Crippen LogP) is 0.174. The van der Waals surface area contributed by atoms with Gasteiger partial charge in [-0.25, -0.2) is 4.68 Å². The van der Waals surface area contributed by atoms with Crippen molar-refractivity contribution in [2.45, 2.75) is 19.9 Å². The summed E-state index contributed by atoms with van der Waals surface area (Å²) < 4.78 is 1.58. The number of aromatic amines is 1. The first-order chi connectivity index (χ1) is 8.16. The van der Waals surface area contributed by atoms with Crippen LogP contribution in [0.1, 0.15) is 13.3 Å². The minimum Gasteiger partial charge on any atom is -0.481 e. The summed E-state index contributed by atoms with van der Waals surface area (Å²) in [5, 5.41) is 26.5. The monoisotopic (exact) mass is 236 g/mol. The fourth-order valence-electron chi connectivity index (χ4n) is 1.57. The number of carboxylic acid groups (broad SMARTS) is 1. The topological polar surface area (TPSA) is 110 Å². The van der Waals surface area contributed by atoms with E-state index in [4.69, 9.17) is 5.11 Å². The highest BCUT2D eigenvalue weighted by molar-refractivity contribution is 5.66. The standard InChI is InChI=1S/C9H12N6O2/c1-6(2-8(16)17)5-15-9(12-13-14-15)7-3-10-11-4-7/h3-4,6H,2,5H2,1H3,(H,10,11)(H,16,17). The second-order valence-corrected chi connectivity index (χ2v) is 3.87. The van der Waals surface area contributed by atoms with Gasteiger partial charge in [-0.15, -0.1) is 5.10 Å². The van der Waals surface area contributed by atoms with Crippen LogP contribution in [0.15, 0.2) is 12.4 Å². The van der Waals surface area contributed by atoms with Crippen molar-refractivity contribution in [2.24, 2.45) is 5.92 Å². The molecule has 0 saturated heterocycles. The molecule has 1 unspecified atom stereocenters. The lowest BCUT2D eigenvalue weighted by Crippen LogP contribution is -2.14. The SMILES string of the molecule is CC(CC(=O)O)Cn1nnnc1-c1cn[nH]c1. The zero-order valence-electron chi connectivity index (χ0n) is 9.24. The Labute approximate surface area is 96.6 Å². The summed E-state index contributed by atoms with van der Waals surface area (Å²) in [4.78, 5) is 10.6. The van der Waals surface area contributed by atoms with Gasteiger partial charge < -0.3 is 5.11 Å². The van der Waals surface area contributed by atoms with Gasteiger partial charge in [0.2, 0.25) is 0 Å². The molecule has 2 heterocycles. The highest BCUT2D eigenvalue weighted by Crippen LogP contribution is 2.15. The van der Waals surface area contributed by atoms with Gasteiger partial charge in [0.25, 0.3) is 0 Å². The molecule has 90 valence electrons. The van der Waals surface area contributed by atoms with Crippen LogP contribution in [0.4, 0.5) is 0 Å². The van der Waals surface area contributed by atoms with Crippen molar-refractivity contribution in [1.29, 1.82) is 0 Å². The molecule has 2 aromatic heterocycles. The van der Waals surface area contributed by atoms with E-state index >= 15 is 0 Å². The first kappa shape index (κ1) is 11.2. The molecule has 8 heteroatoms. The van der Waals surface area contributed by atoms with Crippen molar-refractivity contribution in [3.8, 4) is 11.4 Å². The van der Waals surface area contributed by atoms with Crippen LogP contribution in [0.3, 0.4) is 0 Å². The van der Waals surface area contributed by atoms with Crippen molar-refractivity contribution in [1.82, 2.24) is 30.4 Å². The maximum Gasteiger partial charge on any atom is 0.303 e. The van der Waals surface area contributed by atoms with Gasteiger partial charge in [0.05, 0.1) is 11.8 Å². The van der Waals surface area contributed by atoms with Gasteiger partial charge in [-0.05, 0) is 16.3 Å². The van der Waals surface area contributed by atoms with E-state index in [0.717, 1.165) is 5.56 Å². The third-order valence-electron chi connectivity index (χ3n) is 2.30. The zero-order chi connectivity index (χ0) is 12.3. The maximum absolute atomic E-state index is 10.6. The van der Waals surface area contributed by atoms with Crippen LogP contribution in [-0.4, -0.2) is 41.5 Å². The Morgan fingerprint density at radius 2 is 2.47 bits per heavy atom. The maximum atomic E-state index is 10.6. The molecular formula is C9H12N6O2. The van der Waals surface area contributed by atoms with Gasteiger partial charge in [-0.1, -0.05) is 6.92 Å². The Kier molecular flexibility index (Phi) is 3.12. The van der Waals surface area contributed by atoms with Crippen LogP contribution in [0.25, 0.3) is 11.4 Å². The number of nitrogens with zero attached hydrogens (tertiary/aromatic N) is 5. The predicted molar refractivity (Wildman–Crippen MR) is 56.8 cm³/mol. The molecule has 2 aromatic rings. The van der Waals surface area contributed by atoms with E-state index in [1.54, 1.807) is 17.1 Å². The van der Waals surface area contributed by atoms with Crippen molar-refractivity contribution in [3.05, 3.63) is 12.4 Å². The summed E-state index contributed by atoms with van der Waals surface area (Å²) >= 11 is 0. The molecule has 0 saturated carbocycles. The van der Waals surface area contributed by atoms with Gasteiger partial charge in [0.1, 0.15) is 0 Å². The minimum atomic E-state index is -0.824. The average Bonchev–Trinajstić information content (AvgIpc) is 2.84. The Balaban J connectivity index is 2.12. The number of nitrogens with one attached hydrogen (secondary N) is 1. The number of tetrazole rings is 1. The number of hydrogen-bond donors (Lipinski definition) is 2. The first-order valence-electron chi connectivity index (χ1n) is 5.14. The lowest BCUT2D eigenvalue weighted by Gasteiger charge is -2.08. The van der Waals surface area contributed by atoms with Crippen LogP contribution >= 0.6 is 0 Å². The van der Waals surface area contributed by atoms with Gasteiger partial charge in [0, 0.05) is 19.2 Å². The Hall–Kier alpha value is -2.25. The van der Waals surface area contributed by atoms with Gasteiger partial charge in [-0.3, -0.25) is 9.89 Å². The fourth-order valence-corrected chi connectivity index (χ4v) is 1.57. The van der Waals surface area contributed by atoms with E-state index < -0.39 is 5.97 Å². The van der Waals surface area contributed by atoms with E-state index in [0.29, 0.717) is 12.4 Å². The van der Waals surface area contributed by atoms with E-state index in [9.17, 15) is 4.79 Å². The van der Waals surface area contributed by atoms with Crippen LogP contribution in [0.2, 0.25) is 0 Å². The van der Waals surface area contributed by atoms with Gasteiger partial charge in [0.15, 0.2) is 5.82 Å². The Morgan fingerprint density at radius 3 is 3.12 bits per heavy atom. The Morgan fingerprint density at radius 1 is 1.65 bits per heavy atom. The van der Waals surface area contributed by atoms with Crippen LogP contribution < -0.4 is 0 Å². The van der Waals surface area contributed by atoms with E-state index in [1.165, 1.54) is 0 Å². The molecule has 0 aromatic carbocycles. The molecule has 2 rings (SSSR count). The van der Waals surface area contributed by atoms with Crippen molar-refractivity contribution < 1.29 is 9.90 Å². The molecule has 0 fully saturated rings. The lowest BCUT2D eigenvalue weighted by atomic mass is 10.1. The van der Waals surface area contributed by atoms with Gasteiger partial charge >= 0.3 is 5.97 Å². The molecule has 2 N–H and O–H groups in total. The summed E-state index contributed by atoms with van der Waals surface area (Å²) in [5.74, 6) is -0.284. The number of aliphatic carboxylic acids is 1. The largest absolute Gasteiger partial charge is 0.481 e. The summed E-state index contributed by atoms with van der Waals surface area (Å²) in [6.45, 7) is 2.30. The quantitative estimate of drug-likeness (QED) is 0.766. The number of carbonyl (C=O) groups is 1. The average molecular weight is 236 g/mol. The molecule has 0 spiro atoms. The molecule has 0 bridgehead atoms. The molecule has 0 aliphatic carbocycles. The smallest absolute Gasteiger partial charge is 0.303 e. The summed E-state index contributed by atoms with van der Waals surface area (Å²) in [6, 6.07) is 0. The minimum absolute atomic E-state index is 0.0401. The third-order valence-corrected chi connectivity index (χ3v) is 2.30. The fraction of sp³-hybridized carbons (Fsp3) is 0.444. The number of carboxylic acids is 1. The molecular weight excluding hydrogens is 224 g/mol. The number of H-pyrrole nitrogens is 1. The second-order valence-electron chi connectivity index (χ2n) is 3.87. The van der Waals surface area contributed by atoms with Crippen LogP contribution in [-0.2, 0) is 11.3 Å². The molecule has 0 radical (unpaired) electrons. The number of rotatable bonds is 5. The molecule has 0 aliphatic heterocycles. The highest BCUT2D eigenvalue weighted by atomic mass is 16.4. The Bertz CT molecular complexity index is 491. The van der Waals surface area contributed by atoms with Crippen molar-refractivity contribution in [3.63, 3.8) is 0 Å². The van der Waals surface area contributed by atoms with E-state index in [-0.39, 0.29) is 12.3 Å². The van der Waals surface area contributed by atoms with E-state index in [1.807, 2.05) is 6.92 Å². The van der Waals surface area contributed by atoms with Crippen molar-refractivity contribution >= 4 is 5.97 Å². The lowest BCUT2D eigenvalue weighted by molar-refractivity contribution is -0.138. The normalized spacial score (nSPS) is 12.5. The van der Waals surface area contributed by atoms with Crippen molar-refractivity contribution in [2.75, 3.05) is 0 Å². The van der Waals surface area contributed by atoms with Crippen LogP contribution in [0, 0.1) is 5.92 Å². The highest BCUT2D eigenvalue weighted by Gasteiger charge is 2.14. The molecule has 17 heavy (non-hydrogen) atoms. The third kappa shape index (κ3) is 2.65. The molecule has 0 aliphatic rings. The number of aromatic nitrogens is 6. The summed E-state index contributed by atoms with van der Waals surface area (Å²) in [5.41, 5.74) is 0.775. The zero-order valence-corrected chi connectivity index (χ0v) is 9.24. The summed E-state index contributed by atoms with van der Waals surface area (Å²) in [7, 11) is 0. The first-order valence-corrected chi connectivity index (χ1v) is 5.14. The van der Waals surface area contributed by atoms with Crippen LogP contribution in [0.5, 0.6) is 0 Å². The van der Waals surface area contributed by atoms with E-state index in [2.05, 4.69) is 25.7 Å². The molecule has 0 amide bonds. The van der Waals surface area contributed by atoms with Gasteiger partial charge in [-0.2, -0.15) is 5.10 Å². The molecule has 1 atom stereocenters. The second kappa shape index (κ2) is 4.73.